The fraction of sp³-hybridized carbons (Fsp3) is 0.267. The highest BCUT2D eigenvalue weighted by Gasteiger charge is 2.12. The van der Waals surface area contributed by atoms with E-state index in [1.807, 2.05) is 12.1 Å². The van der Waals surface area contributed by atoms with Crippen molar-refractivity contribution in [3.05, 3.63) is 51.4 Å². The molecule has 0 aliphatic heterocycles. The van der Waals surface area contributed by atoms with Crippen LogP contribution in [0.1, 0.15) is 5.56 Å². The number of halogens is 1. The highest BCUT2D eigenvalue weighted by atomic mass is 35.5. The molecule has 0 atom stereocenters. The van der Waals surface area contributed by atoms with Crippen molar-refractivity contribution in [3.63, 3.8) is 0 Å². The summed E-state index contributed by atoms with van der Waals surface area (Å²) < 4.78 is 12.0. The molecule has 0 bridgehead atoms. The van der Waals surface area contributed by atoms with Gasteiger partial charge in [-0.1, -0.05) is 17.7 Å². The molecule has 0 aliphatic carbocycles. The van der Waals surface area contributed by atoms with Crippen LogP contribution in [0.25, 0.3) is 0 Å². The van der Waals surface area contributed by atoms with Gasteiger partial charge in [-0.05, 0) is 17.7 Å². The molecular weight excluding hydrogens is 292 g/mol. The predicted octanol–water partition coefficient (Wildman–Crippen LogP) is 2.67. The number of nitrogens with zero attached hydrogens (tertiary/aromatic N) is 1. The number of aromatic nitrogens is 1. The predicted molar refractivity (Wildman–Crippen MR) is 83.6 cm³/mol. The van der Waals surface area contributed by atoms with E-state index < -0.39 is 0 Å². The van der Waals surface area contributed by atoms with E-state index in [0.717, 1.165) is 11.3 Å². The Morgan fingerprint density at radius 2 is 1.95 bits per heavy atom. The Morgan fingerprint density at radius 1 is 1.19 bits per heavy atom. The highest BCUT2D eigenvalue weighted by molar-refractivity contribution is 6.33. The summed E-state index contributed by atoms with van der Waals surface area (Å²) in [7, 11) is 4.82. The number of methoxy groups -OCH3 is 2. The molecule has 1 heterocycles. The van der Waals surface area contributed by atoms with Crippen molar-refractivity contribution in [1.29, 1.82) is 0 Å². The summed E-state index contributed by atoms with van der Waals surface area (Å²) in [6, 6.07) is 6.93. The molecule has 0 saturated heterocycles. The summed E-state index contributed by atoms with van der Waals surface area (Å²) in [6.45, 7) is 0.511. The van der Waals surface area contributed by atoms with E-state index in [2.05, 4.69) is 5.32 Å². The van der Waals surface area contributed by atoms with Crippen LogP contribution in [-0.2, 0) is 13.6 Å². The third-order valence-corrected chi connectivity index (χ3v) is 3.55. The van der Waals surface area contributed by atoms with Gasteiger partial charge in [0.25, 0.3) is 0 Å². The first-order valence-electron chi connectivity index (χ1n) is 6.36. The molecule has 0 aliphatic rings. The van der Waals surface area contributed by atoms with Crippen LogP contribution < -0.4 is 20.3 Å². The highest BCUT2D eigenvalue weighted by Crippen LogP contribution is 2.37. The molecule has 0 unspecified atom stereocenters. The van der Waals surface area contributed by atoms with Crippen LogP contribution in [0.15, 0.2) is 35.3 Å². The van der Waals surface area contributed by atoms with Gasteiger partial charge < -0.3 is 19.4 Å². The van der Waals surface area contributed by atoms with Crippen molar-refractivity contribution in [2.45, 2.75) is 6.54 Å². The Hall–Kier alpha value is -2.14. The van der Waals surface area contributed by atoms with Gasteiger partial charge in [0.2, 0.25) is 5.56 Å². The number of pyridine rings is 1. The molecule has 0 radical (unpaired) electrons. The summed E-state index contributed by atoms with van der Waals surface area (Å²) in [5.41, 5.74) is 1.66. The second-order valence-corrected chi connectivity index (χ2v) is 4.87. The molecule has 0 fully saturated rings. The van der Waals surface area contributed by atoms with E-state index in [-0.39, 0.29) is 5.56 Å². The van der Waals surface area contributed by atoms with E-state index >= 15 is 0 Å². The third kappa shape index (κ3) is 3.31. The topological polar surface area (TPSA) is 52.5 Å². The van der Waals surface area contributed by atoms with E-state index in [9.17, 15) is 4.79 Å². The molecule has 1 aromatic carbocycles. The number of hydrogen-bond donors (Lipinski definition) is 1. The molecule has 0 spiro atoms. The summed E-state index contributed by atoms with van der Waals surface area (Å²) in [6.07, 6.45) is 1.73. The molecule has 21 heavy (non-hydrogen) atoms. The maximum atomic E-state index is 11.3. The maximum Gasteiger partial charge on any atom is 0.250 e. The van der Waals surface area contributed by atoms with E-state index in [4.69, 9.17) is 21.1 Å². The number of benzene rings is 1. The van der Waals surface area contributed by atoms with Crippen molar-refractivity contribution < 1.29 is 9.47 Å². The first-order chi connectivity index (χ1) is 10.1. The number of hydrogen-bond acceptors (Lipinski definition) is 4. The van der Waals surface area contributed by atoms with Crippen molar-refractivity contribution >= 4 is 17.3 Å². The zero-order valence-corrected chi connectivity index (χ0v) is 12.9. The number of ether oxygens (including phenoxy) is 2. The second kappa shape index (κ2) is 6.54. The lowest BCUT2D eigenvalue weighted by molar-refractivity contribution is 0.355. The molecule has 0 amide bonds. The Morgan fingerprint density at radius 3 is 2.57 bits per heavy atom. The van der Waals surface area contributed by atoms with E-state index in [1.54, 1.807) is 33.5 Å². The third-order valence-electron chi connectivity index (χ3n) is 3.13. The molecule has 6 heteroatoms. The molecular formula is C15H17ClN2O3. The SMILES string of the molecule is COc1ccc(CNc2ccc(=O)n(C)c2)c(Cl)c1OC. The zero-order chi connectivity index (χ0) is 15.4. The van der Waals surface area contributed by atoms with Crippen LogP contribution in [0.5, 0.6) is 11.5 Å². The Labute approximate surface area is 128 Å². The van der Waals surface area contributed by atoms with Crippen LogP contribution in [0.3, 0.4) is 0 Å². The number of aryl methyl sites for hydroxylation is 1. The number of nitrogens with one attached hydrogen (secondary N) is 1. The average molecular weight is 309 g/mol. The second-order valence-electron chi connectivity index (χ2n) is 4.49. The molecule has 0 saturated carbocycles. The summed E-state index contributed by atoms with van der Waals surface area (Å²) in [5.74, 6) is 1.10. The van der Waals surface area contributed by atoms with E-state index in [1.165, 1.54) is 10.6 Å². The van der Waals surface area contributed by atoms with Crippen molar-refractivity contribution in [1.82, 2.24) is 4.57 Å². The van der Waals surface area contributed by atoms with Gasteiger partial charge in [0.05, 0.1) is 24.9 Å². The Bertz CT molecular complexity index is 698. The van der Waals surface area contributed by atoms with Crippen LogP contribution >= 0.6 is 11.6 Å². The molecule has 5 nitrogen and oxygen atoms in total. The minimum atomic E-state index is -0.0512. The normalized spacial score (nSPS) is 10.3. The minimum Gasteiger partial charge on any atom is -0.493 e. The van der Waals surface area contributed by atoms with Gasteiger partial charge in [0, 0.05) is 25.9 Å². The molecule has 112 valence electrons. The van der Waals surface area contributed by atoms with Crippen LogP contribution in [0.4, 0.5) is 5.69 Å². The summed E-state index contributed by atoms with van der Waals surface area (Å²) >= 11 is 6.32. The minimum absolute atomic E-state index is 0.0512. The van der Waals surface area contributed by atoms with Gasteiger partial charge in [0.1, 0.15) is 0 Å². The molecule has 1 aromatic heterocycles. The smallest absolute Gasteiger partial charge is 0.250 e. The summed E-state index contributed by atoms with van der Waals surface area (Å²) in [5, 5.41) is 3.73. The van der Waals surface area contributed by atoms with Gasteiger partial charge >= 0.3 is 0 Å². The van der Waals surface area contributed by atoms with Gasteiger partial charge in [-0.3, -0.25) is 4.79 Å². The number of anilines is 1. The quantitative estimate of drug-likeness (QED) is 0.922. The van der Waals surface area contributed by atoms with Crippen LogP contribution in [-0.4, -0.2) is 18.8 Å². The van der Waals surface area contributed by atoms with Gasteiger partial charge in [-0.2, -0.15) is 0 Å². The number of rotatable bonds is 5. The summed E-state index contributed by atoms with van der Waals surface area (Å²) in [4.78, 5) is 11.3. The lowest BCUT2D eigenvalue weighted by Crippen LogP contribution is -2.15. The van der Waals surface area contributed by atoms with E-state index in [0.29, 0.717) is 23.1 Å². The maximum absolute atomic E-state index is 11.3. The zero-order valence-electron chi connectivity index (χ0n) is 12.1. The van der Waals surface area contributed by atoms with Gasteiger partial charge in [0.15, 0.2) is 11.5 Å². The fourth-order valence-electron chi connectivity index (χ4n) is 1.96. The Kier molecular flexibility index (Phi) is 4.75. The molecule has 2 aromatic rings. The monoisotopic (exact) mass is 308 g/mol. The van der Waals surface area contributed by atoms with Crippen LogP contribution in [0, 0.1) is 0 Å². The Balaban J connectivity index is 2.20. The fourth-order valence-corrected chi connectivity index (χ4v) is 2.26. The lowest BCUT2D eigenvalue weighted by atomic mass is 10.2. The molecule has 1 N–H and O–H groups in total. The lowest BCUT2D eigenvalue weighted by Gasteiger charge is -2.14. The standard InChI is InChI=1S/C15H17ClN2O3/c1-18-9-11(5-7-13(18)19)17-8-10-4-6-12(20-2)15(21-3)14(10)16/h4-7,9,17H,8H2,1-3H3. The van der Waals surface area contributed by atoms with Gasteiger partial charge in [-0.15, -0.1) is 0 Å². The largest absolute Gasteiger partial charge is 0.493 e. The molecule has 2 rings (SSSR count). The first-order valence-corrected chi connectivity index (χ1v) is 6.74. The first kappa shape index (κ1) is 15.3. The van der Waals surface area contributed by atoms with Crippen molar-refractivity contribution in [2.24, 2.45) is 7.05 Å². The van der Waals surface area contributed by atoms with Gasteiger partial charge in [-0.25, -0.2) is 0 Å². The van der Waals surface area contributed by atoms with Crippen molar-refractivity contribution in [3.8, 4) is 11.5 Å². The van der Waals surface area contributed by atoms with Crippen molar-refractivity contribution in [2.75, 3.05) is 19.5 Å². The van der Waals surface area contributed by atoms with Crippen LogP contribution in [0.2, 0.25) is 5.02 Å². The average Bonchev–Trinajstić information content (AvgIpc) is 2.49.